The lowest BCUT2D eigenvalue weighted by Gasteiger charge is -2.39. The number of carbonyl (C=O) groups is 2. The molecule has 1 spiro atoms. The summed E-state index contributed by atoms with van der Waals surface area (Å²) in [5, 5.41) is 7.12. The van der Waals surface area contributed by atoms with Gasteiger partial charge in [0.25, 0.3) is 0 Å². The summed E-state index contributed by atoms with van der Waals surface area (Å²) in [5.74, 6) is -2.76. The number of hydrogen-bond acceptors (Lipinski definition) is 7. The van der Waals surface area contributed by atoms with Crippen LogP contribution in [-0.2, 0) is 25.6 Å². The van der Waals surface area contributed by atoms with Crippen LogP contribution in [0.4, 0.5) is 13.2 Å². The van der Waals surface area contributed by atoms with Crippen LogP contribution in [0, 0.1) is 6.92 Å². The fourth-order valence-electron chi connectivity index (χ4n) is 3.52. The number of rotatable bonds is 5. The molecule has 0 radical (unpaired) electrons. The monoisotopic (exact) mass is 467 g/mol. The molecule has 0 saturated carbocycles. The summed E-state index contributed by atoms with van der Waals surface area (Å²) in [5.41, 5.74) is 2.94. The van der Waals surface area contributed by atoms with Crippen LogP contribution in [0.15, 0.2) is 5.51 Å². The van der Waals surface area contributed by atoms with Crippen molar-refractivity contribution in [1.82, 2.24) is 14.8 Å². The second-order valence-electron chi connectivity index (χ2n) is 7.90. The van der Waals surface area contributed by atoms with Gasteiger partial charge in [0.15, 0.2) is 0 Å². The van der Waals surface area contributed by atoms with E-state index < -0.39 is 12.1 Å². The molecule has 3 rings (SSSR count). The lowest BCUT2D eigenvalue weighted by atomic mass is 9.89. The minimum atomic E-state index is -5.08. The molecule has 2 aliphatic rings. The number of halogens is 3. The zero-order valence-electron chi connectivity index (χ0n) is 17.8. The van der Waals surface area contributed by atoms with Crippen molar-refractivity contribution >= 4 is 23.2 Å². The molecule has 2 saturated heterocycles. The SMILES string of the molecule is Cc1ncsc1CN1CCC[C@]2(C[C@H](OCC(=O)N(C)C)CO2)C1.O=C(O)C(F)(F)F. The maximum atomic E-state index is 11.7. The molecule has 1 aromatic rings. The molecule has 12 heteroatoms. The van der Waals surface area contributed by atoms with Crippen molar-refractivity contribution in [3.8, 4) is 0 Å². The molecule has 176 valence electrons. The first-order valence-corrected chi connectivity index (χ1v) is 10.7. The third-order valence-corrected chi connectivity index (χ3v) is 6.11. The van der Waals surface area contributed by atoms with Gasteiger partial charge in [-0.15, -0.1) is 11.3 Å². The van der Waals surface area contributed by atoms with Gasteiger partial charge in [-0.3, -0.25) is 9.69 Å². The molecule has 3 heterocycles. The molecule has 0 aromatic carbocycles. The van der Waals surface area contributed by atoms with E-state index in [-0.39, 0.29) is 24.2 Å². The van der Waals surface area contributed by atoms with Crippen molar-refractivity contribution < 1.29 is 37.3 Å². The van der Waals surface area contributed by atoms with Gasteiger partial charge in [0.2, 0.25) is 5.91 Å². The third-order valence-electron chi connectivity index (χ3n) is 5.19. The highest BCUT2D eigenvalue weighted by Gasteiger charge is 2.44. The summed E-state index contributed by atoms with van der Waals surface area (Å²) in [4.78, 5) is 30.3. The summed E-state index contributed by atoms with van der Waals surface area (Å²) < 4.78 is 43.7. The topological polar surface area (TPSA) is 92.2 Å². The van der Waals surface area contributed by atoms with Crippen LogP contribution in [-0.4, -0.2) is 90.0 Å². The smallest absolute Gasteiger partial charge is 0.475 e. The van der Waals surface area contributed by atoms with Crippen LogP contribution >= 0.6 is 11.3 Å². The Kier molecular flexibility index (Phi) is 8.81. The zero-order valence-corrected chi connectivity index (χ0v) is 18.6. The number of aromatic nitrogens is 1. The number of likely N-dealkylation sites (tertiary alicyclic amines) is 1. The normalized spacial score (nSPS) is 24.0. The van der Waals surface area contributed by atoms with E-state index >= 15 is 0 Å². The highest BCUT2D eigenvalue weighted by molar-refractivity contribution is 7.09. The van der Waals surface area contributed by atoms with Crippen molar-refractivity contribution in [2.75, 3.05) is 40.4 Å². The highest BCUT2D eigenvalue weighted by Crippen LogP contribution is 2.36. The number of piperidine rings is 1. The van der Waals surface area contributed by atoms with Crippen LogP contribution < -0.4 is 0 Å². The second-order valence-corrected chi connectivity index (χ2v) is 8.84. The number of hydrogen-bond donors (Lipinski definition) is 1. The van der Waals surface area contributed by atoms with Gasteiger partial charge in [0.1, 0.15) is 6.61 Å². The number of amides is 1. The molecule has 2 atom stereocenters. The molecular formula is C19H28F3N3O5S. The Bertz CT molecular complexity index is 758. The molecule has 0 unspecified atom stereocenters. The van der Waals surface area contributed by atoms with Crippen molar-refractivity contribution in [3.63, 3.8) is 0 Å². The van der Waals surface area contributed by atoms with Gasteiger partial charge in [-0.05, 0) is 26.3 Å². The highest BCUT2D eigenvalue weighted by atomic mass is 32.1. The molecule has 1 N–H and O–H groups in total. The Balaban J connectivity index is 0.000000423. The van der Waals surface area contributed by atoms with Crippen LogP contribution in [0.2, 0.25) is 0 Å². The number of aryl methyl sites for hydroxylation is 1. The number of ether oxygens (including phenoxy) is 2. The fraction of sp³-hybridized carbons (Fsp3) is 0.737. The lowest BCUT2D eigenvalue weighted by molar-refractivity contribution is -0.192. The molecule has 1 amide bonds. The fourth-order valence-corrected chi connectivity index (χ4v) is 4.34. The van der Waals surface area contributed by atoms with Gasteiger partial charge in [-0.1, -0.05) is 0 Å². The van der Waals surface area contributed by atoms with E-state index in [1.165, 1.54) is 4.88 Å². The number of carbonyl (C=O) groups excluding carboxylic acids is 1. The minimum absolute atomic E-state index is 0.00175. The second kappa shape index (κ2) is 10.7. The van der Waals surface area contributed by atoms with Gasteiger partial charge in [-0.2, -0.15) is 13.2 Å². The number of aliphatic carboxylic acids is 1. The van der Waals surface area contributed by atoms with Gasteiger partial charge < -0.3 is 19.5 Å². The van der Waals surface area contributed by atoms with E-state index in [9.17, 15) is 18.0 Å². The average molecular weight is 468 g/mol. The first-order chi connectivity index (χ1) is 14.4. The van der Waals surface area contributed by atoms with E-state index in [0.717, 1.165) is 44.6 Å². The van der Waals surface area contributed by atoms with E-state index in [2.05, 4.69) is 16.8 Å². The quantitative estimate of drug-likeness (QED) is 0.711. The van der Waals surface area contributed by atoms with E-state index in [1.807, 2.05) is 5.51 Å². The maximum absolute atomic E-state index is 11.7. The Morgan fingerprint density at radius 1 is 1.45 bits per heavy atom. The predicted octanol–water partition coefficient (Wildman–Crippen LogP) is 2.31. The maximum Gasteiger partial charge on any atom is 0.490 e. The van der Waals surface area contributed by atoms with Crippen molar-refractivity contribution in [3.05, 3.63) is 16.1 Å². The standard InChI is InChI=1S/C17H27N3O3S.C2HF3O2/c1-13-15(24-12-18-13)8-20-6-4-5-17(11-20)7-14(9-23-17)22-10-16(21)19(2)3;3-2(4,5)1(6)7/h12,14H,4-11H2,1-3H3;(H,6,7)/t14-,17-;/m0./s1. The molecule has 8 nitrogen and oxygen atoms in total. The van der Waals surface area contributed by atoms with E-state index in [0.29, 0.717) is 6.61 Å². The van der Waals surface area contributed by atoms with Crippen molar-refractivity contribution in [1.29, 1.82) is 0 Å². The number of thiazole rings is 1. The predicted molar refractivity (Wildman–Crippen MR) is 107 cm³/mol. The van der Waals surface area contributed by atoms with Gasteiger partial charge >= 0.3 is 12.1 Å². The Hall–Kier alpha value is -1.76. The van der Waals surface area contributed by atoms with Gasteiger partial charge in [0.05, 0.1) is 29.5 Å². The molecule has 1 aromatic heterocycles. The van der Waals surface area contributed by atoms with Crippen LogP contribution in [0.25, 0.3) is 0 Å². The molecule has 2 fully saturated rings. The summed E-state index contributed by atoms with van der Waals surface area (Å²) in [6, 6.07) is 0. The summed E-state index contributed by atoms with van der Waals surface area (Å²) in [6.45, 7) is 5.80. The number of alkyl halides is 3. The third kappa shape index (κ3) is 7.70. The molecule has 0 bridgehead atoms. The van der Waals surface area contributed by atoms with Crippen LogP contribution in [0.1, 0.15) is 29.8 Å². The van der Waals surface area contributed by atoms with Crippen molar-refractivity contribution in [2.45, 2.75) is 50.6 Å². The molecule has 31 heavy (non-hydrogen) atoms. The average Bonchev–Trinajstić information content (AvgIpc) is 3.26. The summed E-state index contributed by atoms with van der Waals surface area (Å²) in [6.07, 6.45) is -1.96. The molecular weight excluding hydrogens is 439 g/mol. The minimum Gasteiger partial charge on any atom is -0.475 e. The van der Waals surface area contributed by atoms with Gasteiger partial charge in [-0.25, -0.2) is 9.78 Å². The van der Waals surface area contributed by atoms with E-state index in [4.69, 9.17) is 19.4 Å². The Morgan fingerprint density at radius 2 is 2.13 bits per heavy atom. The Labute approximate surface area is 182 Å². The Morgan fingerprint density at radius 3 is 2.68 bits per heavy atom. The zero-order chi connectivity index (χ0) is 23.2. The van der Waals surface area contributed by atoms with Gasteiger partial charge in [0, 0.05) is 38.5 Å². The number of nitrogens with zero attached hydrogens (tertiary/aromatic N) is 3. The first kappa shape index (κ1) is 25.5. The lowest BCUT2D eigenvalue weighted by Crippen LogP contribution is -2.47. The summed E-state index contributed by atoms with van der Waals surface area (Å²) in [7, 11) is 3.50. The van der Waals surface area contributed by atoms with Crippen LogP contribution in [0.3, 0.4) is 0 Å². The number of likely N-dealkylation sites (N-methyl/N-ethyl adjacent to an activating group) is 1. The largest absolute Gasteiger partial charge is 0.490 e. The number of carboxylic acids is 1. The molecule has 2 aliphatic heterocycles. The van der Waals surface area contributed by atoms with E-state index in [1.54, 1.807) is 30.3 Å². The van der Waals surface area contributed by atoms with Crippen LogP contribution in [0.5, 0.6) is 0 Å². The van der Waals surface area contributed by atoms with Crippen molar-refractivity contribution in [2.24, 2.45) is 0 Å². The summed E-state index contributed by atoms with van der Waals surface area (Å²) >= 11 is 1.73. The number of carboxylic acid groups (broad SMARTS) is 1. The first-order valence-electron chi connectivity index (χ1n) is 9.79. The molecule has 0 aliphatic carbocycles.